The molecular formula is C19H26N6. The quantitative estimate of drug-likeness (QED) is 0.762. The van der Waals surface area contributed by atoms with Crippen LogP contribution in [0, 0.1) is 12.3 Å². The fraction of sp³-hybridized carbons (Fsp3) is 0.421. The van der Waals surface area contributed by atoms with E-state index in [2.05, 4.69) is 43.0 Å². The molecule has 0 saturated carbocycles. The van der Waals surface area contributed by atoms with Crippen LogP contribution in [0.4, 0.5) is 5.95 Å². The highest BCUT2D eigenvalue weighted by Gasteiger charge is 2.21. The Morgan fingerprint density at radius 2 is 2.00 bits per heavy atom. The number of aryl methyl sites for hydroxylation is 1. The highest BCUT2D eigenvalue weighted by Crippen LogP contribution is 2.26. The third kappa shape index (κ3) is 3.49. The van der Waals surface area contributed by atoms with Crippen LogP contribution in [0.5, 0.6) is 0 Å². The molecule has 3 rings (SSSR count). The van der Waals surface area contributed by atoms with Crippen molar-refractivity contribution in [3.63, 3.8) is 0 Å². The van der Waals surface area contributed by atoms with E-state index in [0.717, 1.165) is 28.3 Å². The number of fused-ring (bicyclic) bond motifs is 1. The van der Waals surface area contributed by atoms with Crippen LogP contribution in [0.2, 0.25) is 0 Å². The molecule has 6 nitrogen and oxygen atoms in total. The number of aromatic nitrogens is 4. The highest BCUT2D eigenvalue weighted by molar-refractivity contribution is 5.65. The van der Waals surface area contributed by atoms with E-state index in [1.54, 1.807) is 6.20 Å². The van der Waals surface area contributed by atoms with Crippen molar-refractivity contribution >= 4 is 11.6 Å². The number of hydrogen-bond donors (Lipinski definition) is 2. The lowest BCUT2D eigenvalue weighted by Gasteiger charge is -2.28. The van der Waals surface area contributed by atoms with Crippen molar-refractivity contribution in [3.05, 3.63) is 41.9 Å². The second-order valence-electron chi connectivity index (χ2n) is 7.51. The van der Waals surface area contributed by atoms with Crippen LogP contribution in [-0.2, 0) is 6.54 Å². The maximum Gasteiger partial charge on any atom is 0.223 e. The molecule has 3 heterocycles. The molecule has 0 aromatic carbocycles. The van der Waals surface area contributed by atoms with Crippen LogP contribution in [-0.4, -0.2) is 25.4 Å². The van der Waals surface area contributed by atoms with Gasteiger partial charge in [-0.2, -0.15) is 0 Å². The average molecular weight is 338 g/mol. The number of pyridine rings is 1. The summed E-state index contributed by atoms with van der Waals surface area (Å²) in [7, 11) is 0. The Morgan fingerprint density at radius 3 is 2.68 bits per heavy atom. The second kappa shape index (κ2) is 6.44. The summed E-state index contributed by atoms with van der Waals surface area (Å²) in [6.07, 6.45) is 3.78. The van der Waals surface area contributed by atoms with Crippen molar-refractivity contribution in [1.29, 1.82) is 0 Å². The van der Waals surface area contributed by atoms with E-state index in [1.165, 1.54) is 0 Å². The Morgan fingerprint density at radius 1 is 1.24 bits per heavy atom. The van der Waals surface area contributed by atoms with E-state index < -0.39 is 0 Å². The Bertz CT molecular complexity index is 891. The van der Waals surface area contributed by atoms with Crippen molar-refractivity contribution in [2.24, 2.45) is 11.1 Å². The van der Waals surface area contributed by atoms with E-state index in [1.807, 2.05) is 35.7 Å². The standard InChI is InChI=1S/C19H26N6/c1-12-17(25-9-7-14(11-20)10-16(25)22-12)15-6-8-21-18(24-15)23-13(2)19(3,4)5/h6-10,13H,11,20H2,1-5H3,(H,21,23,24). The van der Waals surface area contributed by atoms with E-state index in [-0.39, 0.29) is 11.5 Å². The minimum atomic E-state index is 0.122. The number of anilines is 1. The second-order valence-corrected chi connectivity index (χ2v) is 7.51. The van der Waals surface area contributed by atoms with Gasteiger partial charge in [0.05, 0.1) is 17.1 Å². The van der Waals surface area contributed by atoms with E-state index in [4.69, 9.17) is 10.7 Å². The molecule has 0 amide bonds. The highest BCUT2D eigenvalue weighted by atomic mass is 15.1. The van der Waals surface area contributed by atoms with Crippen molar-refractivity contribution < 1.29 is 0 Å². The van der Waals surface area contributed by atoms with Gasteiger partial charge in [-0.3, -0.25) is 4.40 Å². The Hall–Kier alpha value is -2.47. The Kier molecular flexibility index (Phi) is 4.47. The molecule has 132 valence electrons. The summed E-state index contributed by atoms with van der Waals surface area (Å²) in [5, 5.41) is 3.40. The van der Waals surface area contributed by atoms with Crippen molar-refractivity contribution in [2.45, 2.75) is 47.2 Å². The van der Waals surface area contributed by atoms with Crippen molar-refractivity contribution in [2.75, 3.05) is 5.32 Å². The van der Waals surface area contributed by atoms with Crippen LogP contribution in [0.25, 0.3) is 17.0 Å². The van der Waals surface area contributed by atoms with E-state index in [9.17, 15) is 0 Å². The smallest absolute Gasteiger partial charge is 0.223 e. The summed E-state index contributed by atoms with van der Waals surface area (Å²) in [5.41, 5.74) is 10.6. The zero-order chi connectivity index (χ0) is 18.2. The predicted octanol–water partition coefficient (Wildman–Crippen LogP) is 3.40. The molecule has 0 bridgehead atoms. The Balaban J connectivity index is 2.01. The minimum absolute atomic E-state index is 0.122. The molecule has 0 saturated heterocycles. The number of rotatable bonds is 4. The summed E-state index contributed by atoms with van der Waals surface area (Å²) in [5.74, 6) is 0.632. The molecule has 0 fully saturated rings. The van der Waals surface area contributed by atoms with Gasteiger partial charge >= 0.3 is 0 Å². The maximum atomic E-state index is 5.73. The Labute approximate surface area is 148 Å². The number of nitrogens with zero attached hydrogens (tertiary/aromatic N) is 4. The first-order chi connectivity index (χ1) is 11.8. The van der Waals surface area contributed by atoms with Gasteiger partial charge in [0, 0.05) is 25.0 Å². The van der Waals surface area contributed by atoms with E-state index in [0.29, 0.717) is 12.5 Å². The van der Waals surface area contributed by atoms with Gasteiger partial charge < -0.3 is 11.1 Å². The number of nitrogens with two attached hydrogens (primary N) is 1. The van der Waals surface area contributed by atoms with E-state index >= 15 is 0 Å². The van der Waals surface area contributed by atoms with Crippen LogP contribution < -0.4 is 11.1 Å². The first kappa shape index (κ1) is 17.4. The van der Waals surface area contributed by atoms with Crippen LogP contribution in [0.3, 0.4) is 0 Å². The molecular weight excluding hydrogens is 312 g/mol. The summed E-state index contributed by atoms with van der Waals surface area (Å²) in [6, 6.07) is 6.19. The molecule has 1 atom stereocenters. The molecule has 0 radical (unpaired) electrons. The first-order valence-corrected chi connectivity index (χ1v) is 8.57. The topological polar surface area (TPSA) is 81.1 Å². The average Bonchev–Trinajstić information content (AvgIpc) is 2.88. The van der Waals surface area contributed by atoms with Gasteiger partial charge in [-0.05, 0) is 43.0 Å². The normalized spacial score (nSPS) is 13.2. The summed E-state index contributed by atoms with van der Waals surface area (Å²) in [6.45, 7) is 11.2. The van der Waals surface area contributed by atoms with Crippen LogP contribution in [0.1, 0.15) is 39.0 Å². The summed E-state index contributed by atoms with van der Waals surface area (Å²) >= 11 is 0. The molecule has 0 aliphatic carbocycles. The lowest BCUT2D eigenvalue weighted by atomic mass is 9.88. The van der Waals surface area contributed by atoms with Gasteiger partial charge in [0.25, 0.3) is 0 Å². The van der Waals surface area contributed by atoms with Gasteiger partial charge in [-0.15, -0.1) is 0 Å². The largest absolute Gasteiger partial charge is 0.351 e. The maximum absolute atomic E-state index is 5.73. The first-order valence-electron chi connectivity index (χ1n) is 8.57. The lowest BCUT2D eigenvalue weighted by Crippen LogP contribution is -2.31. The molecule has 6 heteroatoms. The number of nitrogens with one attached hydrogen (secondary N) is 1. The van der Waals surface area contributed by atoms with Gasteiger partial charge in [0.2, 0.25) is 5.95 Å². The molecule has 1 unspecified atom stereocenters. The third-order valence-electron chi connectivity index (χ3n) is 4.64. The van der Waals surface area contributed by atoms with Gasteiger partial charge in [-0.1, -0.05) is 20.8 Å². The van der Waals surface area contributed by atoms with Gasteiger partial charge in [0.15, 0.2) is 0 Å². The zero-order valence-corrected chi connectivity index (χ0v) is 15.5. The fourth-order valence-electron chi connectivity index (χ4n) is 2.61. The summed E-state index contributed by atoms with van der Waals surface area (Å²) < 4.78 is 2.05. The molecule has 3 aromatic heterocycles. The lowest BCUT2D eigenvalue weighted by molar-refractivity contribution is 0.358. The molecule has 0 spiro atoms. The zero-order valence-electron chi connectivity index (χ0n) is 15.5. The van der Waals surface area contributed by atoms with Gasteiger partial charge in [0.1, 0.15) is 5.65 Å². The fourth-order valence-corrected chi connectivity index (χ4v) is 2.61. The third-order valence-corrected chi connectivity index (χ3v) is 4.64. The molecule has 25 heavy (non-hydrogen) atoms. The van der Waals surface area contributed by atoms with Crippen molar-refractivity contribution in [3.8, 4) is 11.4 Å². The predicted molar refractivity (Wildman–Crippen MR) is 101 cm³/mol. The van der Waals surface area contributed by atoms with Crippen LogP contribution in [0.15, 0.2) is 30.6 Å². The van der Waals surface area contributed by atoms with Gasteiger partial charge in [-0.25, -0.2) is 15.0 Å². The number of imidazole rings is 1. The summed E-state index contributed by atoms with van der Waals surface area (Å²) in [4.78, 5) is 13.7. The minimum Gasteiger partial charge on any atom is -0.351 e. The van der Waals surface area contributed by atoms with Crippen molar-refractivity contribution in [1.82, 2.24) is 19.4 Å². The number of hydrogen-bond acceptors (Lipinski definition) is 5. The molecule has 3 aromatic rings. The monoisotopic (exact) mass is 338 g/mol. The molecule has 0 aliphatic rings. The molecule has 0 aliphatic heterocycles. The molecule has 3 N–H and O–H groups in total. The SMILES string of the molecule is Cc1nc2cc(CN)ccn2c1-c1ccnc(NC(C)C(C)(C)C)n1. The van der Waals surface area contributed by atoms with Crippen LogP contribution >= 0.6 is 0 Å².